The maximum absolute atomic E-state index is 10.9. The molecule has 0 aliphatic rings. The second-order valence-corrected chi connectivity index (χ2v) is 5.15. The second kappa shape index (κ2) is 5.21. The highest BCUT2D eigenvalue weighted by Crippen LogP contribution is 2.32. The number of nitro groups is 2. The lowest BCUT2D eigenvalue weighted by atomic mass is 9.86. The van der Waals surface area contributed by atoms with E-state index in [-0.39, 0.29) is 16.7 Å². The van der Waals surface area contributed by atoms with Crippen LogP contribution in [0.5, 0.6) is 5.75 Å². The molecule has 1 aromatic rings. The Kier molecular flexibility index (Phi) is 4.08. The van der Waals surface area contributed by atoms with E-state index in [4.69, 9.17) is 4.74 Å². The first-order chi connectivity index (χ1) is 8.68. The second-order valence-electron chi connectivity index (χ2n) is 5.15. The lowest BCUT2D eigenvalue weighted by Gasteiger charge is -2.20. The van der Waals surface area contributed by atoms with Crippen molar-refractivity contribution in [1.82, 2.24) is 0 Å². The molecule has 0 atom stereocenters. The fourth-order valence-corrected chi connectivity index (χ4v) is 1.71. The molecule has 0 saturated carbocycles. The normalized spacial score (nSPS) is 11.4. The maximum Gasteiger partial charge on any atom is 0.480 e. The van der Waals surface area contributed by atoms with Crippen molar-refractivity contribution in [3.8, 4) is 5.75 Å². The lowest BCUT2D eigenvalue weighted by Crippen LogP contribution is -2.21. The van der Waals surface area contributed by atoms with Crippen LogP contribution in [0.1, 0.15) is 38.1 Å². The summed E-state index contributed by atoms with van der Waals surface area (Å²) in [6.45, 7) is 5.77. The monoisotopic (exact) mass is 268 g/mol. The molecule has 0 aromatic heterocycles. The molecule has 7 heteroatoms. The Balaban J connectivity index is 3.45. The Morgan fingerprint density at radius 2 is 1.68 bits per heavy atom. The molecule has 0 spiro atoms. The Labute approximate surface area is 110 Å². The van der Waals surface area contributed by atoms with E-state index in [9.17, 15) is 20.2 Å². The van der Waals surface area contributed by atoms with E-state index in [1.54, 1.807) is 6.07 Å². The van der Waals surface area contributed by atoms with Crippen molar-refractivity contribution in [2.75, 3.05) is 7.11 Å². The maximum atomic E-state index is 10.9. The van der Waals surface area contributed by atoms with Gasteiger partial charge in [0.1, 0.15) is 21.2 Å². The van der Waals surface area contributed by atoms with Crippen LogP contribution in [0.3, 0.4) is 0 Å². The van der Waals surface area contributed by atoms with E-state index < -0.39 is 16.0 Å². The quantitative estimate of drug-likeness (QED) is 0.475. The minimum Gasteiger partial charge on any atom is -0.496 e. The molecular weight excluding hydrogens is 252 g/mol. The van der Waals surface area contributed by atoms with E-state index in [1.807, 2.05) is 20.8 Å². The van der Waals surface area contributed by atoms with Gasteiger partial charge in [-0.2, -0.15) is 0 Å². The van der Waals surface area contributed by atoms with Gasteiger partial charge in [-0.3, -0.25) is 20.2 Å². The molecule has 7 nitrogen and oxygen atoms in total. The third-order valence-electron chi connectivity index (χ3n) is 2.77. The molecule has 0 fully saturated rings. The number of ether oxygens (including phenoxy) is 1. The summed E-state index contributed by atoms with van der Waals surface area (Å²) in [5.41, 5.74) is 0.473. The Bertz CT molecular complexity index is 493. The van der Waals surface area contributed by atoms with Gasteiger partial charge in [-0.15, -0.1) is 0 Å². The smallest absolute Gasteiger partial charge is 0.480 e. The molecule has 19 heavy (non-hydrogen) atoms. The van der Waals surface area contributed by atoms with Crippen LogP contribution >= 0.6 is 0 Å². The van der Waals surface area contributed by atoms with Crippen molar-refractivity contribution >= 4 is 0 Å². The third-order valence-corrected chi connectivity index (χ3v) is 2.77. The van der Waals surface area contributed by atoms with Crippen LogP contribution in [-0.2, 0) is 5.41 Å². The summed E-state index contributed by atoms with van der Waals surface area (Å²) in [4.78, 5) is 19.9. The van der Waals surface area contributed by atoms with Crippen molar-refractivity contribution in [3.63, 3.8) is 0 Å². The van der Waals surface area contributed by atoms with Gasteiger partial charge < -0.3 is 4.74 Å². The van der Waals surface area contributed by atoms with E-state index >= 15 is 0 Å². The summed E-state index contributed by atoms with van der Waals surface area (Å²) < 4.78 is 4.99. The molecule has 0 unspecified atom stereocenters. The van der Waals surface area contributed by atoms with Crippen LogP contribution in [0.15, 0.2) is 18.2 Å². The number of rotatable bonds is 4. The van der Waals surface area contributed by atoms with Gasteiger partial charge in [0.05, 0.1) is 7.11 Å². The highest BCUT2D eigenvalue weighted by atomic mass is 16.7. The molecule has 0 N–H and O–H groups in total. The summed E-state index contributed by atoms with van der Waals surface area (Å²) in [5.74, 6) is 0.145. The average Bonchev–Trinajstić information content (AvgIpc) is 2.26. The molecule has 0 radical (unpaired) electrons. The Morgan fingerprint density at radius 1 is 1.16 bits per heavy atom. The van der Waals surface area contributed by atoms with Gasteiger partial charge in [-0.05, 0) is 23.1 Å². The summed E-state index contributed by atoms with van der Waals surface area (Å²) in [7, 11) is 1.33. The average molecular weight is 268 g/mol. The molecule has 0 heterocycles. The fourth-order valence-electron chi connectivity index (χ4n) is 1.71. The van der Waals surface area contributed by atoms with E-state index in [0.29, 0.717) is 0 Å². The Hall–Kier alpha value is -2.18. The molecule has 104 valence electrons. The first-order valence-electron chi connectivity index (χ1n) is 5.64. The molecule has 1 aromatic carbocycles. The van der Waals surface area contributed by atoms with Gasteiger partial charge in [0, 0.05) is 0 Å². The molecule has 1 rings (SSSR count). The van der Waals surface area contributed by atoms with E-state index in [2.05, 4.69) is 0 Å². The highest BCUT2D eigenvalue weighted by molar-refractivity contribution is 5.40. The van der Waals surface area contributed by atoms with Gasteiger partial charge in [0.15, 0.2) is 0 Å². The molecule has 0 aliphatic heterocycles. The summed E-state index contributed by atoms with van der Waals surface area (Å²) in [5, 5.41) is 21.8. The molecule has 0 saturated heterocycles. The fraction of sp³-hybridized carbons (Fsp3) is 0.500. The van der Waals surface area contributed by atoms with Crippen LogP contribution < -0.4 is 4.74 Å². The highest BCUT2D eigenvalue weighted by Gasteiger charge is 2.38. The number of hydrogen-bond acceptors (Lipinski definition) is 5. The van der Waals surface area contributed by atoms with Crippen LogP contribution in [0.4, 0.5) is 0 Å². The summed E-state index contributed by atoms with van der Waals surface area (Å²) in [6.07, 6.45) is -2.02. The topological polar surface area (TPSA) is 95.5 Å². The first-order valence-corrected chi connectivity index (χ1v) is 5.64. The number of benzene rings is 1. The standard InChI is InChI=1S/C12H16N2O5/c1-12(2,3)8-5-6-10(19-4)9(7-8)11(13(15)16)14(17)18/h5-7,11H,1-4H3. The van der Waals surface area contributed by atoms with Crippen molar-refractivity contribution < 1.29 is 14.6 Å². The minimum absolute atomic E-state index is 0.0371. The van der Waals surface area contributed by atoms with Crippen molar-refractivity contribution in [2.24, 2.45) is 0 Å². The van der Waals surface area contributed by atoms with Gasteiger partial charge in [-0.25, -0.2) is 0 Å². The van der Waals surface area contributed by atoms with Crippen LogP contribution in [-0.4, -0.2) is 17.0 Å². The van der Waals surface area contributed by atoms with Crippen LogP contribution in [0, 0.1) is 20.2 Å². The zero-order valence-corrected chi connectivity index (χ0v) is 11.2. The van der Waals surface area contributed by atoms with Crippen LogP contribution in [0.2, 0.25) is 0 Å². The van der Waals surface area contributed by atoms with Gasteiger partial charge in [0.25, 0.3) is 0 Å². The Morgan fingerprint density at radius 3 is 2.05 bits per heavy atom. The number of nitrogens with zero attached hydrogens (tertiary/aromatic N) is 2. The predicted octanol–water partition coefficient (Wildman–Crippen LogP) is 2.54. The summed E-state index contributed by atoms with van der Waals surface area (Å²) in [6, 6.07) is 4.74. The van der Waals surface area contributed by atoms with Gasteiger partial charge in [-0.1, -0.05) is 26.8 Å². The van der Waals surface area contributed by atoms with E-state index in [0.717, 1.165) is 5.56 Å². The van der Waals surface area contributed by atoms with Crippen LogP contribution in [0.25, 0.3) is 0 Å². The van der Waals surface area contributed by atoms with Crippen molar-refractivity contribution in [1.29, 1.82) is 0 Å². The molecular formula is C12H16N2O5. The zero-order chi connectivity index (χ0) is 14.8. The minimum atomic E-state index is -2.02. The summed E-state index contributed by atoms with van der Waals surface area (Å²) >= 11 is 0. The van der Waals surface area contributed by atoms with Crippen molar-refractivity contribution in [2.45, 2.75) is 32.4 Å². The lowest BCUT2D eigenvalue weighted by molar-refractivity contribution is -0.752. The largest absolute Gasteiger partial charge is 0.496 e. The number of methoxy groups -OCH3 is 1. The number of hydrogen-bond donors (Lipinski definition) is 0. The molecule has 0 aliphatic carbocycles. The van der Waals surface area contributed by atoms with E-state index in [1.165, 1.54) is 19.2 Å². The van der Waals surface area contributed by atoms with Gasteiger partial charge >= 0.3 is 6.17 Å². The third kappa shape index (κ3) is 3.18. The SMILES string of the molecule is COc1ccc(C(C)(C)C)cc1C([N+](=O)[O-])[N+](=O)[O-]. The van der Waals surface area contributed by atoms with Gasteiger partial charge in [0.2, 0.25) is 0 Å². The van der Waals surface area contributed by atoms with Crippen molar-refractivity contribution in [3.05, 3.63) is 49.6 Å². The molecule has 0 bridgehead atoms. The first kappa shape index (κ1) is 14.9. The predicted molar refractivity (Wildman–Crippen MR) is 68.4 cm³/mol. The molecule has 0 amide bonds. The zero-order valence-electron chi connectivity index (χ0n) is 11.2.